The van der Waals surface area contributed by atoms with E-state index in [1.807, 2.05) is 0 Å². The Labute approximate surface area is 222 Å². The normalized spacial score (nSPS) is 18.7. The molecule has 2 heterocycles. The van der Waals surface area contributed by atoms with Crippen molar-refractivity contribution in [2.45, 2.75) is 31.8 Å². The minimum absolute atomic E-state index is 0.115. The number of benzene rings is 1. The Kier molecular flexibility index (Phi) is 11.8. The molecule has 0 aliphatic carbocycles. The molecule has 38 heavy (non-hydrogen) atoms. The monoisotopic (exact) mass is 533 g/mol. The molecule has 12 heteroatoms. The van der Waals surface area contributed by atoms with E-state index in [1.165, 1.54) is 0 Å². The second kappa shape index (κ2) is 15.0. The fourth-order valence-electron chi connectivity index (χ4n) is 4.45. The van der Waals surface area contributed by atoms with Gasteiger partial charge in [0.25, 0.3) is 0 Å². The molecule has 12 nitrogen and oxygen atoms in total. The second-order valence-electron chi connectivity index (χ2n) is 9.78. The number of hydrogen-bond donors (Lipinski definition) is 4. The van der Waals surface area contributed by atoms with Crippen LogP contribution in [-0.2, 0) is 35.1 Å². The number of nitrogens with one attached hydrogen (secondary N) is 3. The molecule has 0 bridgehead atoms. The van der Waals surface area contributed by atoms with Crippen molar-refractivity contribution in [2.75, 3.05) is 71.6 Å². The van der Waals surface area contributed by atoms with Crippen molar-refractivity contribution in [1.29, 1.82) is 0 Å². The van der Waals surface area contributed by atoms with Gasteiger partial charge >= 0.3 is 0 Å². The number of carbonyl (C=O) groups excluding carboxylic acids is 4. The number of likely N-dealkylation sites (N-methyl/N-ethyl adjacent to an activating group) is 1. The van der Waals surface area contributed by atoms with Gasteiger partial charge in [0.1, 0.15) is 6.29 Å². The number of aldehydes is 1. The van der Waals surface area contributed by atoms with E-state index in [9.17, 15) is 19.2 Å². The van der Waals surface area contributed by atoms with E-state index < -0.39 is 6.04 Å². The lowest BCUT2D eigenvalue weighted by Crippen LogP contribution is -2.58. The lowest BCUT2D eigenvalue weighted by molar-refractivity contribution is -0.137. The van der Waals surface area contributed by atoms with Crippen molar-refractivity contribution in [3.63, 3.8) is 0 Å². The Morgan fingerprint density at radius 1 is 1.16 bits per heavy atom. The summed E-state index contributed by atoms with van der Waals surface area (Å²) in [6, 6.07) is 4.58. The van der Waals surface area contributed by atoms with Gasteiger partial charge in [0.05, 0.1) is 52.1 Å². The van der Waals surface area contributed by atoms with Crippen LogP contribution in [0.2, 0.25) is 0 Å². The molecule has 0 aromatic heterocycles. The number of amides is 3. The van der Waals surface area contributed by atoms with E-state index in [-0.39, 0.29) is 49.1 Å². The molecule has 1 unspecified atom stereocenters. The van der Waals surface area contributed by atoms with Crippen molar-refractivity contribution in [2.24, 2.45) is 11.1 Å². The summed E-state index contributed by atoms with van der Waals surface area (Å²) in [5.41, 5.74) is 6.81. The average Bonchev–Trinajstić information content (AvgIpc) is 2.87. The van der Waals surface area contributed by atoms with Crippen LogP contribution in [-0.4, -0.2) is 101 Å². The van der Waals surface area contributed by atoms with Crippen molar-refractivity contribution in [1.82, 2.24) is 15.5 Å². The molecule has 0 spiro atoms. The number of hydrogen-bond acceptors (Lipinski definition) is 10. The molecule has 3 amide bonds. The molecule has 0 radical (unpaired) electrons. The third kappa shape index (κ3) is 8.65. The van der Waals surface area contributed by atoms with Gasteiger partial charge in [-0.3, -0.25) is 29.4 Å². The maximum atomic E-state index is 12.7. The summed E-state index contributed by atoms with van der Waals surface area (Å²) < 4.78 is 16.9. The maximum Gasteiger partial charge on any atom is 0.243 e. The van der Waals surface area contributed by atoms with Gasteiger partial charge in [-0.15, -0.1) is 0 Å². The molecule has 2 saturated heterocycles. The summed E-state index contributed by atoms with van der Waals surface area (Å²) >= 11 is 0. The standard InChI is InChI=1S/C26H39N5O7/c1-31(22-5-6-23(33)30-25(22)35)13-20-19(14-32)3-2-4-21(20)29-24(34)7-9-37-17-26(15-28-16-26)18-38-12-11-36-10-8-27/h2-4,14,22,28H,5-13,15-18,27H2,1H3,(H,29,34)(H,30,33,35). The molecule has 1 aromatic carbocycles. The SMILES string of the molecule is CN(Cc1c(C=O)cccc1NC(=O)CCOCC1(COCCOCCN)CNC1)C1CCC(=O)NC1=O. The highest BCUT2D eigenvalue weighted by Crippen LogP contribution is 2.25. The van der Waals surface area contributed by atoms with Crippen LogP contribution < -0.4 is 21.7 Å². The van der Waals surface area contributed by atoms with E-state index in [0.29, 0.717) is 62.8 Å². The topological polar surface area (TPSA) is 161 Å². The summed E-state index contributed by atoms with van der Waals surface area (Å²) in [4.78, 5) is 49.9. The van der Waals surface area contributed by atoms with Gasteiger partial charge in [-0.1, -0.05) is 12.1 Å². The van der Waals surface area contributed by atoms with Crippen LogP contribution in [0.3, 0.4) is 0 Å². The van der Waals surface area contributed by atoms with E-state index >= 15 is 0 Å². The van der Waals surface area contributed by atoms with Crippen LogP contribution >= 0.6 is 0 Å². The zero-order valence-corrected chi connectivity index (χ0v) is 22.0. The number of piperidine rings is 1. The zero-order chi connectivity index (χ0) is 27.4. The second-order valence-corrected chi connectivity index (χ2v) is 9.78. The van der Waals surface area contributed by atoms with Crippen molar-refractivity contribution >= 4 is 29.7 Å². The summed E-state index contributed by atoms with van der Waals surface area (Å²) in [7, 11) is 1.75. The Balaban J connectivity index is 1.47. The van der Waals surface area contributed by atoms with E-state index in [2.05, 4.69) is 16.0 Å². The lowest BCUT2D eigenvalue weighted by Gasteiger charge is -2.42. The molecule has 3 rings (SSSR count). The van der Waals surface area contributed by atoms with E-state index in [0.717, 1.165) is 19.4 Å². The van der Waals surface area contributed by atoms with Crippen molar-refractivity contribution in [3.05, 3.63) is 29.3 Å². The Hall–Kier alpha value is -2.74. The van der Waals surface area contributed by atoms with Gasteiger partial charge in [-0.2, -0.15) is 0 Å². The number of rotatable bonds is 17. The van der Waals surface area contributed by atoms with Gasteiger partial charge in [0.2, 0.25) is 17.7 Å². The van der Waals surface area contributed by atoms with Gasteiger partial charge in [0.15, 0.2) is 0 Å². The molecule has 210 valence electrons. The van der Waals surface area contributed by atoms with Crippen LogP contribution in [0.5, 0.6) is 0 Å². The summed E-state index contributed by atoms with van der Waals surface area (Å²) in [6.07, 6.45) is 1.52. The molecule has 5 N–H and O–H groups in total. The Bertz CT molecular complexity index is 969. The quantitative estimate of drug-likeness (QED) is 0.118. The minimum Gasteiger partial charge on any atom is -0.380 e. The highest BCUT2D eigenvalue weighted by atomic mass is 16.5. The predicted octanol–water partition coefficient (Wildman–Crippen LogP) is -0.337. The van der Waals surface area contributed by atoms with Crippen LogP contribution in [0.25, 0.3) is 0 Å². The molecule has 1 aromatic rings. The number of nitrogens with two attached hydrogens (primary N) is 1. The van der Waals surface area contributed by atoms with Gasteiger partial charge in [0, 0.05) is 54.8 Å². The van der Waals surface area contributed by atoms with Gasteiger partial charge in [-0.05, 0) is 19.5 Å². The summed E-state index contributed by atoms with van der Waals surface area (Å²) in [6.45, 7) is 5.06. The Morgan fingerprint density at radius 2 is 1.89 bits per heavy atom. The number of ether oxygens (including phenoxy) is 3. The van der Waals surface area contributed by atoms with Crippen LogP contribution in [0.4, 0.5) is 5.69 Å². The molecule has 2 aliphatic heterocycles. The first-order chi connectivity index (χ1) is 18.4. The zero-order valence-electron chi connectivity index (χ0n) is 22.0. The van der Waals surface area contributed by atoms with E-state index in [4.69, 9.17) is 19.9 Å². The van der Waals surface area contributed by atoms with Crippen molar-refractivity contribution < 1.29 is 33.4 Å². The Morgan fingerprint density at radius 3 is 2.55 bits per heavy atom. The number of anilines is 1. The summed E-state index contributed by atoms with van der Waals surface area (Å²) in [5.74, 6) is -0.894. The average molecular weight is 534 g/mol. The van der Waals surface area contributed by atoms with Crippen LogP contribution in [0.15, 0.2) is 18.2 Å². The lowest BCUT2D eigenvalue weighted by atomic mass is 9.83. The molecule has 2 fully saturated rings. The number of nitrogens with zero attached hydrogens (tertiary/aromatic N) is 1. The maximum absolute atomic E-state index is 12.7. The first-order valence-corrected chi connectivity index (χ1v) is 12.9. The van der Waals surface area contributed by atoms with E-state index in [1.54, 1.807) is 30.1 Å². The van der Waals surface area contributed by atoms with Gasteiger partial charge < -0.3 is 30.6 Å². The summed E-state index contributed by atoms with van der Waals surface area (Å²) in [5, 5.41) is 8.47. The molecule has 1 atom stereocenters. The fourth-order valence-corrected chi connectivity index (χ4v) is 4.45. The smallest absolute Gasteiger partial charge is 0.243 e. The third-order valence-corrected chi connectivity index (χ3v) is 6.69. The van der Waals surface area contributed by atoms with Gasteiger partial charge in [-0.25, -0.2) is 0 Å². The largest absolute Gasteiger partial charge is 0.380 e. The first kappa shape index (κ1) is 29.8. The fraction of sp³-hybridized carbons (Fsp3) is 0.615. The van der Waals surface area contributed by atoms with Crippen LogP contribution in [0.1, 0.15) is 35.2 Å². The van der Waals surface area contributed by atoms with Crippen LogP contribution in [0, 0.1) is 5.41 Å². The third-order valence-electron chi connectivity index (χ3n) is 6.69. The molecule has 2 aliphatic rings. The number of carbonyl (C=O) groups is 4. The molecule has 0 saturated carbocycles. The predicted molar refractivity (Wildman–Crippen MR) is 140 cm³/mol. The van der Waals surface area contributed by atoms with Crippen molar-refractivity contribution in [3.8, 4) is 0 Å². The highest BCUT2D eigenvalue weighted by molar-refractivity contribution is 6.00. The molecular weight excluding hydrogens is 494 g/mol. The first-order valence-electron chi connectivity index (χ1n) is 12.9. The highest BCUT2D eigenvalue weighted by Gasteiger charge is 2.37. The molecular formula is C26H39N5O7. The minimum atomic E-state index is -0.500. The number of imide groups is 1.